The number of aliphatic hydroxyl groups is 1. The highest BCUT2D eigenvalue weighted by Crippen LogP contribution is 2.49. The zero-order valence-electron chi connectivity index (χ0n) is 13.3. The molecule has 1 aromatic rings. The van der Waals surface area contributed by atoms with Gasteiger partial charge in [0.25, 0.3) is 0 Å². The van der Waals surface area contributed by atoms with Crippen molar-refractivity contribution in [2.75, 3.05) is 19.7 Å². The van der Waals surface area contributed by atoms with Crippen molar-refractivity contribution in [3.05, 3.63) is 35.9 Å². The maximum absolute atomic E-state index is 12.8. The van der Waals surface area contributed by atoms with Gasteiger partial charge in [0.15, 0.2) is 0 Å². The molecular weight excluding hydrogens is 276 g/mol. The summed E-state index contributed by atoms with van der Waals surface area (Å²) >= 11 is 0. The number of benzene rings is 1. The van der Waals surface area contributed by atoms with Crippen molar-refractivity contribution >= 4 is 5.91 Å². The molecule has 120 valence electrons. The Morgan fingerprint density at radius 1 is 1.45 bits per heavy atom. The Morgan fingerprint density at radius 2 is 2.23 bits per heavy atom. The van der Waals surface area contributed by atoms with Gasteiger partial charge in [0.05, 0.1) is 12.0 Å². The molecule has 0 bridgehead atoms. The van der Waals surface area contributed by atoms with Crippen LogP contribution in [-0.4, -0.2) is 41.7 Å². The summed E-state index contributed by atoms with van der Waals surface area (Å²) in [4.78, 5) is 15.2. The largest absolute Gasteiger partial charge is 0.394 e. The SMILES string of the molecule is CC(CO)NC(=O)[C@@]12CCC[C@@H]1CN(Cc1ccccc1)C2. The van der Waals surface area contributed by atoms with Gasteiger partial charge in [-0.2, -0.15) is 0 Å². The smallest absolute Gasteiger partial charge is 0.228 e. The lowest BCUT2D eigenvalue weighted by Crippen LogP contribution is -2.48. The van der Waals surface area contributed by atoms with Gasteiger partial charge >= 0.3 is 0 Å². The first-order valence-corrected chi connectivity index (χ1v) is 8.32. The van der Waals surface area contributed by atoms with Crippen LogP contribution in [0.15, 0.2) is 30.3 Å². The maximum atomic E-state index is 12.8. The Hall–Kier alpha value is -1.39. The van der Waals surface area contributed by atoms with Gasteiger partial charge in [0.1, 0.15) is 0 Å². The predicted octanol–water partition coefficient (Wildman–Crippen LogP) is 1.79. The average molecular weight is 302 g/mol. The highest BCUT2D eigenvalue weighted by molar-refractivity contribution is 5.84. The second kappa shape index (κ2) is 6.39. The molecule has 1 saturated heterocycles. The molecule has 1 unspecified atom stereocenters. The second-order valence-electron chi connectivity index (χ2n) is 6.96. The molecule has 2 fully saturated rings. The average Bonchev–Trinajstić information content (AvgIpc) is 3.05. The van der Waals surface area contributed by atoms with Gasteiger partial charge in [-0.25, -0.2) is 0 Å². The predicted molar refractivity (Wildman–Crippen MR) is 86.2 cm³/mol. The fourth-order valence-corrected chi connectivity index (χ4v) is 4.14. The van der Waals surface area contributed by atoms with Gasteiger partial charge in [-0.1, -0.05) is 36.8 Å². The van der Waals surface area contributed by atoms with Crippen LogP contribution in [0.4, 0.5) is 0 Å². The van der Waals surface area contributed by atoms with Crippen molar-refractivity contribution in [1.82, 2.24) is 10.2 Å². The first-order valence-electron chi connectivity index (χ1n) is 8.32. The quantitative estimate of drug-likeness (QED) is 0.872. The third-order valence-corrected chi connectivity index (χ3v) is 5.29. The van der Waals surface area contributed by atoms with Crippen molar-refractivity contribution in [2.24, 2.45) is 11.3 Å². The van der Waals surface area contributed by atoms with Crippen LogP contribution in [0.1, 0.15) is 31.7 Å². The first kappa shape index (κ1) is 15.5. The minimum Gasteiger partial charge on any atom is -0.394 e. The number of aliphatic hydroxyl groups excluding tert-OH is 1. The molecule has 1 saturated carbocycles. The van der Waals surface area contributed by atoms with E-state index in [9.17, 15) is 9.90 Å². The fourth-order valence-electron chi connectivity index (χ4n) is 4.14. The number of amides is 1. The minimum atomic E-state index is -0.238. The molecule has 22 heavy (non-hydrogen) atoms. The molecule has 4 nitrogen and oxygen atoms in total. The lowest BCUT2D eigenvalue weighted by atomic mass is 9.79. The maximum Gasteiger partial charge on any atom is 0.228 e. The molecule has 1 aliphatic heterocycles. The summed E-state index contributed by atoms with van der Waals surface area (Å²) in [5, 5.41) is 12.2. The third-order valence-electron chi connectivity index (χ3n) is 5.29. The Balaban J connectivity index is 1.69. The molecule has 1 aliphatic carbocycles. The molecule has 0 aromatic heterocycles. The van der Waals surface area contributed by atoms with Crippen LogP contribution in [0.3, 0.4) is 0 Å². The molecule has 2 aliphatic rings. The summed E-state index contributed by atoms with van der Waals surface area (Å²) in [5.41, 5.74) is 1.07. The molecule has 3 rings (SSSR count). The Bertz CT molecular complexity index is 519. The van der Waals surface area contributed by atoms with E-state index >= 15 is 0 Å². The van der Waals surface area contributed by atoms with E-state index < -0.39 is 0 Å². The number of carbonyl (C=O) groups excluding carboxylic acids is 1. The number of nitrogens with one attached hydrogen (secondary N) is 1. The number of carbonyl (C=O) groups is 1. The molecule has 2 N–H and O–H groups in total. The van der Waals surface area contributed by atoms with Crippen molar-refractivity contribution in [2.45, 2.75) is 38.8 Å². The van der Waals surface area contributed by atoms with Crippen LogP contribution in [0.2, 0.25) is 0 Å². The molecule has 1 amide bonds. The standard InChI is InChI=1S/C18H26N2O2/c1-14(12-21)19-17(22)18-9-5-8-16(18)11-20(13-18)10-15-6-3-2-4-7-15/h2-4,6-7,14,16,21H,5,8-13H2,1H3,(H,19,22)/t14?,16-,18-/m1/s1. The second-order valence-corrected chi connectivity index (χ2v) is 6.96. The number of hydrogen-bond acceptors (Lipinski definition) is 3. The summed E-state index contributed by atoms with van der Waals surface area (Å²) in [6, 6.07) is 10.3. The van der Waals surface area contributed by atoms with Gasteiger partial charge < -0.3 is 10.4 Å². The number of fused-ring (bicyclic) bond motifs is 1. The van der Waals surface area contributed by atoms with E-state index in [2.05, 4.69) is 34.5 Å². The lowest BCUT2D eigenvalue weighted by molar-refractivity contribution is -0.132. The van der Waals surface area contributed by atoms with Crippen LogP contribution in [0.25, 0.3) is 0 Å². The monoisotopic (exact) mass is 302 g/mol. The van der Waals surface area contributed by atoms with Gasteiger partial charge in [0, 0.05) is 25.7 Å². The summed E-state index contributed by atoms with van der Waals surface area (Å²) < 4.78 is 0. The molecular formula is C18H26N2O2. The van der Waals surface area contributed by atoms with Crippen LogP contribution in [-0.2, 0) is 11.3 Å². The summed E-state index contributed by atoms with van der Waals surface area (Å²) in [5.74, 6) is 0.606. The van der Waals surface area contributed by atoms with Gasteiger partial charge in [-0.05, 0) is 31.2 Å². The van der Waals surface area contributed by atoms with E-state index in [4.69, 9.17) is 0 Å². The van der Waals surface area contributed by atoms with Crippen molar-refractivity contribution < 1.29 is 9.90 Å². The Labute approximate surface area is 132 Å². The molecule has 0 spiro atoms. The first-order chi connectivity index (χ1) is 10.6. The van der Waals surface area contributed by atoms with Crippen molar-refractivity contribution in [1.29, 1.82) is 0 Å². The van der Waals surface area contributed by atoms with E-state index in [0.717, 1.165) is 38.9 Å². The number of hydrogen-bond donors (Lipinski definition) is 2. The molecule has 4 heteroatoms. The van der Waals surface area contributed by atoms with E-state index in [-0.39, 0.29) is 24.0 Å². The summed E-state index contributed by atoms with van der Waals surface area (Å²) in [6.45, 7) is 4.63. The van der Waals surface area contributed by atoms with Gasteiger partial charge in [-0.15, -0.1) is 0 Å². The minimum absolute atomic E-state index is 0.000215. The van der Waals surface area contributed by atoms with E-state index in [1.165, 1.54) is 5.56 Å². The normalized spacial score (nSPS) is 29.3. The highest BCUT2D eigenvalue weighted by Gasteiger charge is 2.54. The third kappa shape index (κ3) is 2.90. The van der Waals surface area contributed by atoms with E-state index in [1.807, 2.05) is 13.0 Å². The molecule has 0 radical (unpaired) electrons. The summed E-state index contributed by atoms with van der Waals surface area (Å²) in [6.07, 6.45) is 3.27. The lowest BCUT2D eigenvalue weighted by Gasteiger charge is -2.29. The van der Waals surface area contributed by atoms with Crippen LogP contribution >= 0.6 is 0 Å². The molecule has 1 heterocycles. The van der Waals surface area contributed by atoms with Crippen LogP contribution in [0, 0.1) is 11.3 Å². The number of likely N-dealkylation sites (tertiary alicyclic amines) is 1. The van der Waals surface area contributed by atoms with E-state index in [0.29, 0.717) is 5.92 Å². The Morgan fingerprint density at radius 3 is 2.95 bits per heavy atom. The van der Waals surface area contributed by atoms with Gasteiger partial charge in [-0.3, -0.25) is 9.69 Å². The summed E-state index contributed by atoms with van der Waals surface area (Å²) in [7, 11) is 0. The topological polar surface area (TPSA) is 52.6 Å². The van der Waals surface area contributed by atoms with Crippen molar-refractivity contribution in [3.63, 3.8) is 0 Å². The molecule has 3 atom stereocenters. The van der Waals surface area contributed by atoms with E-state index in [1.54, 1.807) is 0 Å². The number of nitrogens with zero attached hydrogens (tertiary/aromatic N) is 1. The zero-order valence-corrected chi connectivity index (χ0v) is 13.3. The highest BCUT2D eigenvalue weighted by atomic mass is 16.3. The van der Waals surface area contributed by atoms with Gasteiger partial charge in [0.2, 0.25) is 5.91 Å². The van der Waals surface area contributed by atoms with Crippen LogP contribution < -0.4 is 5.32 Å². The number of rotatable bonds is 5. The zero-order chi connectivity index (χ0) is 15.6. The molecule has 1 aromatic carbocycles. The fraction of sp³-hybridized carbons (Fsp3) is 0.611. The Kier molecular flexibility index (Phi) is 4.50. The van der Waals surface area contributed by atoms with Crippen LogP contribution in [0.5, 0.6) is 0 Å². The van der Waals surface area contributed by atoms with Crippen molar-refractivity contribution in [3.8, 4) is 0 Å².